The maximum atomic E-state index is 12.5. The number of carbonyl (C=O) groups is 4. The first kappa shape index (κ1) is 30.1. The molecule has 0 spiro atoms. The van der Waals surface area contributed by atoms with Gasteiger partial charge in [-0.15, -0.1) is 0 Å². The smallest absolute Gasteiger partial charge is 0.326 e. The Hall–Kier alpha value is -2.94. The molecule has 1 unspecified atom stereocenters. The highest BCUT2D eigenvalue weighted by atomic mass is 16.6. The van der Waals surface area contributed by atoms with Crippen molar-refractivity contribution in [1.29, 1.82) is 0 Å². The lowest BCUT2D eigenvalue weighted by Crippen LogP contribution is -2.51. The van der Waals surface area contributed by atoms with Crippen molar-refractivity contribution in [2.45, 2.75) is 78.7 Å². The molecule has 0 fully saturated rings. The highest BCUT2D eigenvalue weighted by Gasteiger charge is 2.36. The summed E-state index contributed by atoms with van der Waals surface area (Å²) in [7, 11) is 1.23. The largest absolute Gasteiger partial charge is 0.468 e. The molecule has 35 heavy (non-hydrogen) atoms. The van der Waals surface area contributed by atoms with Crippen LogP contribution in [0.5, 0.6) is 11.5 Å². The summed E-state index contributed by atoms with van der Waals surface area (Å²) < 4.78 is 21.0. The van der Waals surface area contributed by atoms with E-state index in [-0.39, 0.29) is 61.6 Å². The first-order chi connectivity index (χ1) is 16.5. The van der Waals surface area contributed by atoms with Gasteiger partial charge in [-0.3, -0.25) is 19.2 Å². The maximum Gasteiger partial charge on any atom is 0.326 e. The van der Waals surface area contributed by atoms with E-state index in [1.165, 1.54) is 19.2 Å². The first-order valence-corrected chi connectivity index (χ1v) is 12.1. The number of hydrogen-bond donors (Lipinski definition) is 1. The Bertz CT molecular complexity index is 882. The Kier molecular flexibility index (Phi) is 12.4. The molecule has 9 nitrogen and oxygen atoms in total. The second kappa shape index (κ2) is 14.5. The van der Waals surface area contributed by atoms with E-state index in [1.807, 2.05) is 27.7 Å². The van der Waals surface area contributed by atoms with Crippen molar-refractivity contribution >= 4 is 23.9 Å². The van der Waals surface area contributed by atoms with Crippen LogP contribution >= 0.6 is 0 Å². The van der Waals surface area contributed by atoms with Gasteiger partial charge in [-0.25, -0.2) is 0 Å². The second-order valence-electron chi connectivity index (χ2n) is 9.00. The predicted octanol–water partition coefficient (Wildman–Crippen LogP) is 3.74. The van der Waals surface area contributed by atoms with Crippen LogP contribution in [0.25, 0.3) is 0 Å². The third kappa shape index (κ3) is 9.68. The third-order valence-corrected chi connectivity index (χ3v) is 5.64. The van der Waals surface area contributed by atoms with Crippen molar-refractivity contribution in [3.8, 4) is 11.5 Å². The second-order valence-corrected chi connectivity index (χ2v) is 9.00. The van der Waals surface area contributed by atoms with Crippen LogP contribution in [-0.2, 0) is 35.1 Å². The fraction of sp³-hybridized carbons (Fsp3) is 0.615. The Morgan fingerprint density at radius 3 is 2.03 bits per heavy atom. The van der Waals surface area contributed by atoms with Gasteiger partial charge < -0.3 is 24.7 Å². The number of rotatable bonds is 14. The first-order valence-electron chi connectivity index (χ1n) is 12.1. The minimum absolute atomic E-state index is 0.0124. The highest BCUT2D eigenvalue weighted by Crippen LogP contribution is 2.31. The van der Waals surface area contributed by atoms with E-state index in [0.29, 0.717) is 18.4 Å². The minimum atomic E-state index is -1.50. The minimum Gasteiger partial charge on any atom is -0.468 e. The molecule has 0 aromatic heterocycles. The summed E-state index contributed by atoms with van der Waals surface area (Å²) in [5.41, 5.74) is 5.46. The number of nitrogens with two attached hydrogens (primary N) is 1. The lowest BCUT2D eigenvalue weighted by molar-refractivity contribution is -0.153. The van der Waals surface area contributed by atoms with Crippen molar-refractivity contribution in [3.63, 3.8) is 0 Å². The molecular formula is C26H39NO8. The number of benzene rings is 1. The van der Waals surface area contributed by atoms with E-state index in [1.54, 1.807) is 13.0 Å². The average Bonchev–Trinajstić information content (AvgIpc) is 2.79. The molecule has 0 aliphatic carbocycles. The quantitative estimate of drug-likeness (QED) is 0.304. The molecule has 2 atom stereocenters. The van der Waals surface area contributed by atoms with Crippen LogP contribution in [0.2, 0.25) is 0 Å². The Morgan fingerprint density at radius 2 is 1.51 bits per heavy atom. The molecule has 0 aliphatic heterocycles. The summed E-state index contributed by atoms with van der Waals surface area (Å²) >= 11 is 0. The molecular weight excluding hydrogens is 454 g/mol. The Morgan fingerprint density at radius 1 is 0.943 bits per heavy atom. The molecule has 9 heteroatoms. The zero-order valence-corrected chi connectivity index (χ0v) is 21.7. The number of carbonyl (C=O) groups excluding carboxylic acids is 4. The SMILES string of the molecule is CCCC(=O)Oc1ccc(C[C@](N)(CCOC(=O)C(C)C(C)C)C(=O)OC)cc1OC(=O)CCC. The summed E-state index contributed by atoms with van der Waals surface area (Å²) in [6.07, 6.45) is 1.64. The fourth-order valence-electron chi connectivity index (χ4n) is 3.15. The van der Waals surface area contributed by atoms with E-state index < -0.39 is 23.4 Å². The third-order valence-electron chi connectivity index (χ3n) is 5.64. The number of methoxy groups -OCH3 is 1. The summed E-state index contributed by atoms with van der Waals surface area (Å²) in [6, 6.07) is 4.64. The van der Waals surface area contributed by atoms with E-state index >= 15 is 0 Å². The van der Waals surface area contributed by atoms with Gasteiger partial charge in [0, 0.05) is 25.7 Å². The van der Waals surface area contributed by atoms with Gasteiger partial charge in [0.15, 0.2) is 11.5 Å². The normalized spacial score (nSPS) is 13.5. The van der Waals surface area contributed by atoms with E-state index in [9.17, 15) is 19.2 Å². The van der Waals surface area contributed by atoms with Gasteiger partial charge in [0.1, 0.15) is 5.54 Å². The lowest BCUT2D eigenvalue weighted by atomic mass is 9.88. The fourth-order valence-corrected chi connectivity index (χ4v) is 3.15. The standard InChI is InChI=1S/C26H39NO8/c1-7-9-22(28)34-20-12-11-19(15-21(20)35-23(29)10-8-2)16-26(27,25(31)32-6)13-14-33-24(30)18(5)17(3)4/h11-12,15,17-18H,7-10,13-14,16,27H2,1-6H3/t18?,26-/m1/s1. The molecule has 196 valence electrons. The monoisotopic (exact) mass is 493 g/mol. The molecule has 0 saturated carbocycles. The van der Waals surface area contributed by atoms with Gasteiger partial charge in [0.2, 0.25) is 0 Å². The Balaban J connectivity index is 3.12. The topological polar surface area (TPSA) is 131 Å². The maximum absolute atomic E-state index is 12.5. The number of esters is 4. The molecule has 0 bridgehead atoms. The lowest BCUT2D eigenvalue weighted by Gasteiger charge is -2.27. The van der Waals surface area contributed by atoms with E-state index in [2.05, 4.69) is 0 Å². The summed E-state index contributed by atoms with van der Waals surface area (Å²) in [5.74, 6) is -1.97. The van der Waals surface area contributed by atoms with Gasteiger partial charge >= 0.3 is 23.9 Å². The zero-order chi connectivity index (χ0) is 26.6. The molecule has 0 amide bonds. The van der Waals surface area contributed by atoms with Gasteiger partial charge in [-0.1, -0.05) is 40.7 Å². The molecule has 0 heterocycles. The average molecular weight is 494 g/mol. The van der Waals surface area contributed by atoms with Gasteiger partial charge in [-0.2, -0.15) is 0 Å². The number of hydrogen-bond acceptors (Lipinski definition) is 9. The van der Waals surface area contributed by atoms with Crippen LogP contribution in [0, 0.1) is 11.8 Å². The molecule has 0 saturated heterocycles. The summed E-state index contributed by atoms with van der Waals surface area (Å²) in [6.45, 7) is 9.24. The van der Waals surface area contributed by atoms with Gasteiger partial charge in [0.05, 0.1) is 19.6 Å². The summed E-state index contributed by atoms with van der Waals surface area (Å²) in [4.78, 5) is 48.8. The molecule has 2 N–H and O–H groups in total. The number of ether oxygens (including phenoxy) is 4. The van der Waals surface area contributed by atoms with Crippen LogP contribution in [-0.4, -0.2) is 43.1 Å². The van der Waals surface area contributed by atoms with Crippen LogP contribution in [0.1, 0.15) is 72.3 Å². The molecule has 1 aromatic rings. The van der Waals surface area contributed by atoms with Gasteiger partial charge in [0.25, 0.3) is 0 Å². The van der Waals surface area contributed by atoms with Crippen molar-refractivity contribution in [3.05, 3.63) is 23.8 Å². The predicted molar refractivity (Wildman–Crippen MR) is 130 cm³/mol. The van der Waals surface area contributed by atoms with Crippen LogP contribution in [0.15, 0.2) is 18.2 Å². The Labute approximate surface area is 207 Å². The molecule has 1 rings (SSSR count). The van der Waals surface area contributed by atoms with Crippen LogP contribution in [0.4, 0.5) is 0 Å². The van der Waals surface area contributed by atoms with Gasteiger partial charge in [-0.05, 0) is 36.5 Å². The highest BCUT2D eigenvalue weighted by molar-refractivity contribution is 5.81. The van der Waals surface area contributed by atoms with Crippen molar-refractivity contribution in [2.24, 2.45) is 17.6 Å². The zero-order valence-electron chi connectivity index (χ0n) is 21.7. The summed E-state index contributed by atoms with van der Waals surface area (Å²) in [5, 5.41) is 0. The van der Waals surface area contributed by atoms with Crippen LogP contribution < -0.4 is 15.2 Å². The van der Waals surface area contributed by atoms with E-state index in [4.69, 9.17) is 24.7 Å². The molecule has 1 aromatic carbocycles. The van der Waals surface area contributed by atoms with Crippen molar-refractivity contribution < 1.29 is 38.1 Å². The van der Waals surface area contributed by atoms with E-state index in [0.717, 1.165) is 0 Å². The molecule has 0 aliphatic rings. The van der Waals surface area contributed by atoms with Crippen molar-refractivity contribution in [2.75, 3.05) is 13.7 Å². The van der Waals surface area contributed by atoms with Crippen LogP contribution in [0.3, 0.4) is 0 Å². The van der Waals surface area contributed by atoms with Crippen molar-refractivity contribution in [1.82, 2.24) is 0 Å². The molecule has 0 radical (unpaired) electrons.